The molecule has 2 N–H and O–H groups in total. The molecule has 1 nitrogen and oxygen atoms in total. The Morgan fingerprint density at radius 2 is 1.60 bits per heavy atom. The van der Waals surface area contributed by atoms with Crippen molar-refractivity contribution >= 4 is 0 Å². The van der Waals surface area contributed by atoms with E-state index < -0.39 is 0 Å². The molecule has 60 valence electrons. The zero-order valence-corrected chi connectivity index (χ0v) is 7.48. The minimum atomic E-state index is 0.550. The Labute approximate surface area is 64.2 Å². The van der Waals surface area contributed by atoms with Crippen molar-refractivity contribution in [2.45, 2.75) is 33.6 Å². The highest BCUT2D eigenvalue weighted by molar-refractivity contribution is 4.74. The normalized spacial score (nSPS) is 23.1. The second kappa shape index (κ2) is 2.91. The summed E-state index contributed by atoms with van der Waals surface area (Å²) < 4.78 is 0. The van der Waals surface area contributed by atoms with E-state index in [9.17, 15) is 0 Å². The summed E-state index contributed by atoms with van der Waals surface area (Å²) in [5.74, 6) is 0.970. The third kappa shape index (κ3) is 1.98. The SMILES string of the molecule is CC(C)(C)C1CC[NH2+]CC1. The molecule has 1 saturated heterocycles. The number of nitrogens with two attached hydrogens (primary N) is 1. The third-order valence-electron chi connectivity index (χ3n) is 2.66. The Morgan fingerprint density at radius 1 is 1.10 bits per heavy atom. The van der Waals surface area contributed by atoms with Crippen LogP contribution in [0.25, 0.3) is 0 Å². The summed E-state index contributed by atoms with van der Waals surface area (Å²) in [5, 5.41) is 2.43. The van der Waals surface area contributed by atoms with Crippen LogP contribution in [0, 0.1) is 11.3 Å². The minimum absolute atomic E-state index is 0.550. The van der Waals surface area contributed by atoms with Gasteiger partial charge in [-0.2, -0.15) is 0 Å². The highest BCUT2D eigenvalue weighted by Crippen LogP contribution is 2.31. The van der Waals surface area contributed by atoms with Crippen molar-refractivity contribution in [2.75, 3.05) is 13.1 Å². The molecular formula is C9H20N+. The zero-order chi connectivity index (χ0) is 7.61. The maximum Gasteiger partial charge on any atom is 0.0758 e. The Balaban J connectivity index is 2.39. The van der Waals surface area contributed by atoms with Crippen LogP contribution in [0.4, 0.5) is 0 Å². The fourth-order valence-electron chi connectivity index (χ4n) is 1.79. The molecule has 1 aliphatic heterocycles. The summed E-state index contributed by atoms with van der Waals surface area (Å²) >= 11 is 0. The van der Waals surface area contributed by atoms with Gasteiger partial charge in [0.25, 0.3) is 0 Å². The molecule has 1 fully saturated rings. The average molecular weight is 142 g/mol. The first kappa shape index (κ1) is 8.06. The maximum absolute atomic E-state index is 2.43. The molecule has 0 atom stereocenters. The average Bonchev–Trinajstić information content (AvgIpc) is 1.88. The molecule has 1 heteroatoms. The van der Waals surface area contributed by atoms with E-state index in [1.54, 1.807) is 0 Å². The van der Waals surface area contributed by atoms with Crippen molar-refractivity contribution in [1.29, 1.82) is 0 Å². The first-order chi connectivity index (χ1) is 4.61. The first-order valence-electron chi connectivity index (χ1n) is 4.42. The number of rotatable bonds is 0. The zero-order valence-electron chi connectivity index (χ0n) is 7.48. The van der Waals surface area contributed by atoms with Crippen LogP contribution in [-0.2, 0) is 0 Å². The van der Waals surface area contributed by atoms with Crippen LogP contribution < -0.4 is 5.32 Å². The topological polar surface area (TPSA) is 16.6 Å². The van der Waals surface area contributed by atoms with Crippen molar-refractivity contribution in [3.63, 3.8) is 0 Å². The highest BCUT2D eigenvalue weighted by Gasteiger charge is 2.27. The van der Waals surface area contributed by atoms with E-state index in [1.807, 2.05) is 0 Å². The number of piperidine rings is 1. The van der Waals surface area contributed by atoms with E-state index in [4.69, 9.17) is 0 Å². The monoisotopic (exact) mass is 142 g/mol. The Morgan fingerprint density at radius 3 is 1.90 bits per heavy atom. The van der Waals surface area contributed by atoms with Gasteiger partial charge in [0.1, 0.15) is 0 Å². The molecule has 0 spiro atoms. The number of quaternary nitrogens is 1. The molecule has 1 aliphatic rings. The molecule has 1 heterocycles. The molecule has 0 aromatic rings. The van der Waals surface area contributed by atoms with Gasteiger partial charge in [-0.25, -0.2) is 0 Å². The second-order valence-corrected chi connectivity index (χ2v) is 4.51. The number of hydrogen-bond donors (Lipinski definition) is 1. The molecule has 0 unspecified atom stereocenters. The molecule has 1 rings (SSSR count). The molecular weight excluding hydrogens is 122 g/mol. The van der Waals surface area contributed by atoms with Gasteiger partial charge in [-0.05, 0) is 24.2 Å². The van der Waals surface area contributed by atoms with Crippen LogP contribution >= 0.6 is 0 Å². The van der Waals surface area contributed by atoms with Crippen LogP contribution in [0.3, 0.4) is 0 Å². The van der Waals surface area contributed by atoms with Crippen molar-refractivity contribution in [1.82, 2.24) is 0 Å². The lowest BCUT2D eigenvalue weighted by molar-refractivity contribution is -0.665. The van der Waals surface area contributed by atoms with Gasteiger partial charge in [0.15, 0.2) is 0 Å². The first-order valence-corrected chi connectivity index (χ1v) is 4.42. The van der Waals surface area contributed by atoms with Gasteiger partial charge >= 0.3 is 0 Å². The standard InChI is InChI=1S/C9H19N/c1-9(2,3)8-4-6-10-7-5-8/h8,10H,4-7H2,1-3H3/p+1. The fourth-order valence-corrected chi connectivity index (χ4v) is 1.79. The predicted octanol–water partition coefficient (Wildman–Crippen LogP) is 1.01. The lowest BCUT2D eigenvalue weighted by Crippen LogP contribution is -2.86. The number of hydrogen-bond acceptors (Lipinski definition) is 0. The molecule has 0 amide bonds. The smallest absolute Gasteiger partial charge is 0.0758 e. The van der Waals surface area contributed by atoms with Gasteiger partial charge in [0.05, 0.1) is 13.1 Å². The van der Waals surface area contributed by atoms with Gasteiger partial charge in [-0.1, -0.05) is 20.8 Å². The lowest BCUT2D eigenvalue weighted by atomic mass is 9.76. The maximum atomic E-state index is 2.43. The summed E-state index contributed by atoms with van der Waals surface area (Å²) in [5.41, 5.74) is 0.550. The molecule has 0 radical (unpaired) electrons. The molecule has 0 bridgehead atoms. The molecule has 0 aromatic heterocycles. The minimum Gasteiger partial charge on any atom is -0.346 e. The van der Waals surface area contributed by atoms with E-state index in [0.717, 1.165) is 5.92 Å². The van der Waals surface area contributed by atoms with Crippen LogP contribution in [0.15, 0.2) is 0 Å². The molecule has 0 aromatic carbocycles. The Bertz CT molecular complexity index is 95.8. The van der Waals surface area contributed by atoms with E-state index >= 15 is 0 Å². The summed E-state index contributed by atoms with van der Waals surface area (Å²) in [6.45, 7) is 9.79. The van der Waals surface area contributed by atoms with Gasteiger partial charge in [0.2, 0.25) is 0 Å². The van der Waals surface area contributed by atoms with E-state index in [2.05, 4.69) is 26.1 Å². The van der Waals surface area contributed by atoms with E-state index in [-0.39, 0.29) is 0 Å². The van der Waals surface area contributed by atoms with Crippen LogP contribution in [0.2, 0.25) is 0 Å². The van der Waals surface area contributed by atoms with Gasteiger partial charge < -0.3 is 5.32 Å². The van der Waals surface area contributed by atoms with E-state index in [1.165, 1.54) is 25.9 Å². The van der Waals surface area contributed by atoms with Crippen molar-refractivity contribution in [3.8, 4) is 0 Å². The molecule has 0 saturated carbocycles. The van der Waals surface area contributed by atoms with Crippen LogP contribution in [0.1, 0.15) is 33.6 Å². The summed E-state index contributed by atoms with van der Waals surface area (Å²) in [7, 11) is 0. The lowest BCUT2D eigenvalue weighted by Gasteiger charge is -2.32. The summed E-state index contributed by atoms with van der Waals surface area (Å²) in [4.78, 5) is 0. The van der Waals surface area contributed by atoms with Gasteiger partial charge in [-0.3, -0.25) is 0 Å². The Hall–Kier alpha value is -0.0400. The molecule has 0 aliphatic carbocycles. The van der Waals surface area contributed by atoms with Crippen LogP contribution in [-0.4, -0.2) is 13.1 Å². The van der Waals surface area contributed by atoms with Gasteiger partial charge in [-0.15, -0.1) is 0 Å². The van der Waals surface area contributed by atoms with Crippen LogP contribution in [0.5, 0.6) is 0 Å². The Kier molecular flexibility index (Phi) is 2.35. The summed E-state index contributed by atoms with van der Waals surface area (Å²) in [6, 6.07) is 0. The predicted molar refractivity (Wildman–Crippen MR) is 43.8 cm³/mol. The van der Waals surface area contributed by atoms with Gasteiger partial charge in [0, 0.05) is 0 Å². The largest absolute Gasteiger partial charge is 0.346 e. The quantitative estimate of drug-likeness (QED) is 0.520. The molecule has 10 heavy (non-hydrogen) atoms. The van der Waals surface area contributed by atoms with Crippen molar-refractivity contribution in [3.05, 3.63) is 0 Å². The fraction of sp³-hybridized carbons (Fsp3) is 1.00. The van der Waals surface area contributed by atoms with Crippen molar-refractivity contribution in [2.24, 2.45) is 11.3 Å². The van der Waals surface area contributed by atoms with Crippen molar-refractivity contribution < 1.29 is 5.32 Å². The van der Waals surface area contributed by atoms with E-state index in [0.29, 0.717) is 5.41 Å². The third-order valence-corrected chi connectivity index (χ3v) is 2.66. The highest BCUT2D eigenvalue weighted by atomic mass is 14.9. The summed E-state index contributed by atoms with van der Waals surface area (Å²) in [6.07, 6.45) is 2.84. The second-order valence-electron chi connectivity index (χ2n) is 4.51.